The molecule has 2 nitrogen and oxygen atoms in total. The molecule has 1 aliphatic carbocycles. The Morgan fingerprint density at radius 2 is 1.85 bits per heavy atom. The lowest BCUT2D eigenvalue weighted by molar-refractivity contribution is -0.125. The second kappa shape index (κ2) is 4.75. The van der Waals surface area contributed by atoms with Crippen LogP contribution in [0.15, 0.2) is 0 Å². The molecule has 0 amide bonds. The molecule has 2 atom stereocenters. The van der Waals surface area contributed by atoms with Gasteiger partial charge >= 0.3 is 0 Å². The van der Waals surface area contributed by atoms with E-state index in [2.05, 4.69) is 0 Å². The topological polar surface area (TPSA) is 37.3 Å². The summed E-state index contributed by atoms with van der Waals surface area (Å²) in [6, 6.07) is 0. The second-order valence-electron chi connectivity index (χ2n) is 4.29. The molecule has 2 unspecified atom stereocenters. The summed E-state index contributed by atoms with van der Waals surface area (Å²) in [6.07, 6.45) is 5.51. The molecule has 0 aliphatic heterocycles. The first-order valence-electron chi connectivity index (χ1n) is 5.31. The summed E-state index contributed by atoms with van der Waals surface area (Å²) in [7, 11) is 0. The number of hydrogen-bond donors (Lipinski definition) is 1. The van der Waals surface area contributed by atoms with Crippen LogP contribution in [0.5, 0.6) is 0 Å². The number of carbonyl (C=O) groups is 1. The Balaban J connectivity index is 2.44. The Kier molecular flexibility index (Phi) is 3.91. The zero-order valence-electron chi connectivity index (χ0n) is 8.62. The molecule has 13 heavy (non-hydrogen) atoms. The SMILES string of the molecule is CC(=O)C(C)C(O)C1CCCCC1. The first-order chi connectivity index (χ1) is 6.13. The summed E-state index contributed by atoms with van der Waals surface area (Å²) in [5, 5.41) is 9.89. The van der Waals surface area contributed by atoms with E-state index in [0.29, 0.717) is 5.92 Å². The lowest BCUT2D eigenvalue weighted by atomic mass is 9.80. The standard InChI is InChI=1S/C11H20O2/c1-8(9(2)12)11(13)10-6-4-3-5-7-10/h8,10-11,13H,3-7H2,1-2H3. The number of aliphatic hydroxyl groups is 1. The van der Waals surface area contributed by atoms with E-state index in [9.17, 15) is 9.90 Å². The van der Waals surface area contributed by atoms with Crippen LogP contribution < -0.4 is 0 Å². The fourth-order valence-electron chi connectivity index (χ4n) is 2.12. The molecule has 1 rings (SSSR count). The number of ketones is 1. The first kappa shape index (κ1) is 10.7. The second-order valence-corrected chi connectivity index (χ2v) is 4.29. The molecule has 1 aliphatic rings. The molecule has 2 heteroatoms. The van der Waals surface area contributed by atoms with Gasteiger partial charge in [-0.2, -0.15) is 0 Å². The monoisotopic (exact) mass is 184 g/mol. The highest BCUT2D eigenvalue weighted by Gasteiger charge is 2.28. The summed E-state index contributed by atoms with van der Waals surface area (Å²) in [6.45, 7) is 3.40. The van der Waals surface area contributed by atoms with Gasteiger partial charge in [-0.3, -0.25) is 4.79 Å². The largest absolute Gasteiger partial charge is 0.392 e. The van der Waals surface area contributed by atoms with Gasteiger partial charge in [0.1, 0.15) is 5.78 Å². The van der Waals surface area contributed by atoms with Crippen molar-refractivity contribution in [3.8, 4) is 0 Å². The number of hydrogen-bond acceptors (Lipinski definition) is 2. The van der Waals surface area contributed by atoms with Crippen LogP contribution in [0.4, 0.5) is 0 Å². The van der Waals surface area contributed by atoms with Crippen molar-refractivity contribution in [2.24, 2.45) is 11.8 Å². The Morgan fingerprint density at radius 1 is 1.31 bits per heavy atom. The van der Waals surface area contributed by atoms with Gasteiger partial charge in [-0.1, -0.05) is 26.2 Å². The minimum Gasteiger partial charge on any atom is -0.392 e. The fraction of sp³-hybridized carbons (Fsp3) is 0.909. The fourth-order valence-corrected chi connectivity index (χ4v) is 2.12. The van der Waals surface area contributed by atoms with Gasteiger partial charge in [-0.15, -0.1) is 0 Å². The molecular weight excluding hydrogens is 164 g/mol. The summed E-state index contributed by atoms with van der Waals surface area (Å²) < 4.78 is 0. The third-order valence-electron chi connectivity index (χ3n) is 3.29. The zero-order chi connectivity index (χ0) is 9.84. The van der Waals surface area contributed by atoms with Gasteiger partial charge in [-0.05, 0) is 25.7 Å². The lowest BCUT2D eigenvalue weighted by Crippen LogP contribution is -2.32. The Bertz CT molecular complexity index is 171. The quantitative estimate of drug-likeness (QED) is 0.729. The van der Waals surface area contributed by atoms with Crippen molar-refractivity contribution in [1.29, 1.82) is 0 Å². The van der Waals surface area contributed by atoms with E-state index in [1.54, 1.807) is 6.92 Å². The highest BCUT2D eigenvalue weighted by atomic mass is 16.3. The molecule has 0 bridgehead atoms. The van der Waals surface area contributed by atoms with Gasteiger partial charge in [0, 0.05) is 5.92 Å². The van der Waals surface area contributed by atoms with E-state index in [0.717, 1.165) is 12.8 Å². The normalized spacial score (nSPS) is 23.9. The molecule has 0 aromatic heterocycles. The predicted molar refractivity (Wildman–Crippen MR) is 52.4 cm³/mol. The van der Waals surface area contributed by atoms with Crippen molar-refractivity contribution in [3.63, 3.8) is 0 Å². The maximum Gasteiger partial charge on any atom is 0.135 e. The van der Waals surface area contributed by atoms with E-state index in [-0.39, 0.29) is 11.7 Å². The molecule has 1 saturated carbocycles. The van der Waals surface area contributed by atoms with Crippen molar-refractivity contribution >= 4 is 5.78 Å². The molecule has 1 fully saturated rings. The summed E-state index contributed by atoms with van der Waals surface area (Å²) >= 11 is 0. The van der Waals surface area contributed by atoms with Gasteiger partial charge < -0.3 is 5.11 Å². The molecular formula is C11H20O2. The third-order valence-corrected chi connectivity index (χ3v) is 3.29. The van der Waals surface area contributed by atoms with Crippen molar-refractivity contribution in [2.75, 3.05) is 0 Å². The van der Waals surface area contributed by atoms with Gasteiger partial charge in [0.2, 0.25) is 0 Å². The molecule has 0 radical (unpaired) electrons. The summed E-state index contributed by atoms with van der Waals surface area (Å²) in [4.78, 5) is 11.1. The minimum absolute atomic E-state index is 0.109. The molecule has 0 heterocycles. The van der Waals surface area contributed by atoms with Crippen LogP contribution in [0, 0.1) is 11.8 Å². The average molecular weight is 184 g/mol. The molecule has 0 spiro atoms. The number of aliphatic hydroxyl groups excluding tert-OH is 1. The molecule has 0 aromatic carbocycles. The molecule has 1 N–H and O–H groups in total. The molecule has 0 saturated heterocycles. The number of carbonyl (C=O) groups excluding carboxylic acids is 1. The van der Waals surface area contributed by atoms with Crippen LogP contribution in [0.1, 0.15) is 46.0 Å². The highest BCUT2D eigenvalue weighted by molar-refractivity contribution is 5.78. The average Bonchev–Trinajstić information content (AvgIpc) is 2.17. The minimum atomic E-state index is -0.405. The van der Waals surface area contributed by atoms with Gasteiger partial charge in [0.05, 0.1) is 6.10 Å². The lowest BCUT2D eigenvalue weighted by Gasteiger charge is -2.29. The van der Waals surface area contributed by atoms with E-state index in [1.807, 2.05) is 6.92 Å². The Labute approximate surface area is 80.3 Å². The van der Waals surface area contributed by atoms with Crippen molar-refractivity contribution < 1.29 is 9.90 Å². The van der Waals surface area contributed by atoms with Crippen molar-refractivity contribution in [2.45, 2.75) is 52.1 Å². The van der Waals surface area contributed by atoms with Crippen LogP contribution in [-0.4, -0.2) is 17.0 Å². The first-order valence-corrected chi connectivity index (χ1v) is 5.31. The van der Waals surface area contributed by atoms with E-state index in [1.165, 1.54) is 19.3 Å². The number of Topliss-reactive ketones (excluding diaryl/α,β-unsaturated/α-hetero) is 1. The van der Waals surface area contributed by atoms with Crippen molar-refractivity contribution in [3.05, 3.63) is 0 Å². The van der Waals surface area contributed by atoms with Gasteiger partial charge in [0.25, 0.3) is 0 Å². The van der Waals surface area contributed by atoms with E-state index >= 15 is 0 Å². The van der Waals surface area contributed by atoms with Crippen LogP contribution >= 0.6 is 0 Å². The van der Waals surface area contributed by atoms with Crippen LogP contribution in [-0.2, 0) is 4.79 Å². The summed E-state index contributed by atoms with van der Waals surface area (Å²) in [5.41, 5.74) is 0. The van der Waals surface area contributed by atoms with E-state index in [4.69, 9.17) is 0 Å². The van der Waals surface area contributed by atoms with Gasteiger partial charge in [0.15, 0.2) is 0 Å². The summed E-state index contributed by atoms with van der Waals surface area (Å²) in [5.74, 6) is 0.300. The number of rotatable bonds is 3. The maximum absolute atomic E-state index is 11.1. The van der Waals surface area contributed by atoms with Crippen LogP contribution in [0.2, 0.25) is 0 Å². The third kappa shape index (κ3) is 2.80. The van der Waals surface area contributed by atoms with E-state index < -0.39 is 6.10 Å². The molecule has 76 valence electrons. The zero-order valence-corrected chi connectivity index (χ0v) is 8.62. The predicted octanol–water partition coefficient (Wildman–Crippen LogP) is 2.15. The smallest absolute Gasteiger partial charge is 0.135 e. The van der Waals surface area contributed by atoms with Gasteiger partial charge in [-0.25, -0.2) is 0 Å². The van der Waals surface area contributed by atoms with Crippen LogP contribution in [0.3, 0.4) is 0 Å². The highest BCUT2D eigenvalue weighted by Crippen LogP contribution is 2.29. The van der Waals surface area contributed by atoms with Crippen LogP contribution in [0.25, 0.3) is 0 Å². The Hall–Kier alpha value is -0.370. The maximum atomic E-state index is 11.1. The van der Waals surface area contributed by atoms with Crippen molar-refractivity contribution in [1.82, 2.24) is 0 Å². The Morgan fingerprint density at radius 3 is 2.31 bits per heavy atom. The molecule has 0 aromatic rings.